The maximum Gasteiger partial charge on any atom is 0.242 e. The molecule has 1 saturated heterocycles. The highest BCUT2D eigenvalue weighted by molar-refractivity contribution is 5.86. The van der Waals surface area contributed by atoms with Gasteiger partial charge in [-0.1, -0.05) is 19.3 Å². The van der Waals surface area contributed by atoms with Crippen LogP contribution in [0, 0.1) is 0 Å². The third kappa shape index (κ3) is 2.86. The van der Waals surface area contributed by atoms with Gasteiger partial charge in [0.25, 0.3) is 0 Å². The molecule has 0 aromatic carbocycles. The van der Waals surface area contributed by atoms with E-state index in [9.17, 15) is 4.79 Å². The minimum absolute atomic E-state index is 0.0879. The van der Waals surface area contributed by atoms with E-state index in [2.05, 4.69) is 0 Å². The quantitative estimate of drug-likeness (QED) is 0.774. The molecule has 2 aliphatic rings. The molecule has 1 heterocycles. The number of carbonyl (C=O) groups is 1. The van der Waals surface area contributed by atoms with Crippen molar-refractivity contribution in [3.8, 4) is 0 Å². The molecule has 1 amide bonds. The van der Waals surface area contributed by atoms with E-state index in [1.165, 1.54) is 6.42 Å². The SMILES string of the molecule is CC1CN(C(=O)C2(N)CCCCC2)CC(C)(C)O1. The zero-order valence-electron chi connectivity index (χ0n) is 11.9. The largest absolute Gasteiger partial charge is 0.369 e. The zero-order chi connectivity index (χ0) is 13.4. The molecule has 2 fully saturated rings. The highest BCUT2D eigenvalue weighted by Gasteiger charge is 2.42. The van der Waals surface area contributed by atoms with E-state index in [0.29, 0.717) is 13.1 Å². The monoisotopic (exact) mass is 254 g/mol. The summed E-state index contributed by atoms with van der Waals surface area (Å²) >= 11 is 0. The van der Waals surface area contributed by atoms with Gasteiger partial charge >= 0.3 is 0 Å². The number of morpholine rings is 1. The Labute approximate surface area is 110 Å². The van der Waals surface area contributed by atoms with Gasteiger partial charge in [0.2, 0.25) is 5.91 Å². The number of amides is 1. The standard InChI is InChI=1S/C14H26N2O2/c1-11-9-16(10-13(2,3)18-11)12(17)14(15)7-5-4-6-8-14/h11H,4-10,15H2,1-3H3. The summed E-state index contributed by atoms with van der Waals surface area (Å²) in [6.45, 7) is 7.40. The maximum atomic E-state index is 12.7. The van der Waals surface area contributed by atoms with Crippen LogP contribution in [0.1, 0.15) is 52.9 Å². The molecule has 0 aromatic heterocycles. The second-order valence-electron chi connectivity index (χ2n) is 6.59. The van der Waals surface area contributed by atoms with Crippen molar-refractivity contribution >= 4 is 5.91 Å². The maximum absolute atomic E-state index is 12.7. The molecule has 18 heavy (non-hydrogen) atoms. The first-order valence-electron chi connectivity index (χ1n) is 7.08. The Morgan fingerprint density at radius 2 is 1.89 bits per heavy atom. The van der Waals surface area contributed by atoms with Crippen LogP contribution in [0.25, 0.3) is 0 Å². The van der Waals surface area contributed by atoms with Gasteiger partial charge in [0.05, 0.1) is 17.2 Å². The number of hydrogen-bond donors (Lipinski definition) is 1. The summed E-state index contributed by atoms with van der Waals surface area (Å²) in [5.41, 5.74) is 5.45. The van der Waals surface area contributed by atoms with Crippen molar-refractivity contribution in [1.29, 1.82) is 0 Å². The van der Waals surface area contributed by atoms with Gasteiger partial charge in [0.1, 0.15) is 0 Å². The Balaban J connectivity index is 2.08. The van der Waals surface area contributed by atoms with Crippen molar-refractivity contribution in [3.05, 3.63) is 0 Å². The highest BCUT2D eigenvalue weighted by atomic mass is 16.5. The molecule has 104 valence electrons. The summed E-state index contributed by atoms with van der Waals surface area (Å²) in [5, 5.41) is 0. The molecule has 0 radical (unpaired) electrons. The Kier molecular flexibility index (Phi) is 3.70. The van der Waals surface area contributed by atoms with Crippen LogP contribution in [0.2, 0.25) is 0 Å². The zero-order valence-corrected chi connectivity index (χ0v) is 11.9. The van der Waals surface area contributed by atoms with Crippen LogP contribution in [0.5, 0.6) is 0 Å². The van der Waals surface area contributed by atoms with E-state index in [-0.39, 0.29) is 17.6 Å². The van der Waals surface area contributed by atoms with E-state index in [1.54, 1.807) is 0 Å². The summed E-state index contributed by atoms with van der Waals surface area (Å²) in [5.74, 6) is 0.130. The van der Waals surface area contributed by atoms with Crippen molar-refractivity contribution in [2.45, 2.75) is 70.1 Å². The molecule has 0 spiro atoms. The summed E-state index contributed by atoms with van der Waals surface area (Å²) in [7, 11) is 0. The van der Waals surface area contributed by atoms with Crippen LogP contribution in [-0.4, -0.2) is 41.1 Å². The van der Waals surface area contributed by atoms with Crippen LogP contribution < -0.4 is 5.73 Å². The van der Waals surface area contributed by atoms with Gasteiger partial charge < -0.3 is 15.4 Å². The first-order chi connectivity index (χ1) is 8.32. The number of carbonyl (C=O) groups excluding carboxylic acids is 1. The minimum Gasteiger partial charge on any atom is -0.369 e. The molecule has 0 bridgehead atoms. The molecular weight excluding hydrogens is 228 g/mol. The van der Waals surface area contributed by atoms with Crippen molar-refractivity contribution < 1.29 is 9.53 Å². The summed E-state index contributed by atoms with van der Waals surface area (Å²) in [6, 6.07) is 0. The number of nitrogens with two attached hydrogens (primary N) is 1. The third-order valence-electron chi connectivity index (χ3n) is 4.03. The Morgan fingerprint density at radius 1 is 1.28 bits per heavy atom. The van der Waals surface area contributed by atoms with Gasteiger partial charge in [-0.3, -0.25) is 4.79 Å². The molecule has 4 heteroatoms. The van der Waals surface area contributed by atoms with Gasteiger partial charge in [-0.05, 0) is 33.6 Å². The third-order valence-corrected chi connectivity index (χ3v) is 4.03. The molecule has 0 aromatic rings. The average Bonchev–Trinajstić information content (AvgIpc) is 2.26. The van der Waals surface area contributed by atoms with E-state index < -0.39 is 5.54 Å². The van der Waals surface area contributed by atoms with E-state index >= 15 is 0 Å². The van der Waals surface area contributed by atoms with Gasteiger partial charge in [-0.25, -0.2) is 0 Å². The first-order valence-corrected chi connectivity index (χ1v) is 7.08. The predicted molar refractivity (Wildman–Crippen MR) is 71.2 cm³/mol. The lowest BCUT2D eigenvalue weighted by Crippen LogP contribution is -2.62. The smallest absolute Gasteiger partial charge is 0.242 e. The Hall–Kier alpha value is -0.610. The summed E-state index contributed by atoms with van der Waals surface area (Å²) in [6.07, 6.45) is 5.11. The summed E-state index contributed by atoms with van der Waals surface area (Å²) < 4.78 is 5.84. The van der Waals surface area contributed by atoms with Gasteiger partial charge in [-0.15, -0.1) is 0 Å². The fourth-order valence-corrected chi connectivity index (χ4v) is 3.32. The lowest BCUT2D eigenvalue weighted by molar-refractivity contribution is -0.163. The lowest BCUT2D eigenvalue weighted by atomic mass is 9.81. The van der Waals surface area contributed by atoms with Crippen molar-refractivity contribution in [2.24, 2.45) is 5.73 Å². The lowest BCUT2D eigenvalue weighted by Gasteiger charge is -2.45. The predicted octanol–water partition coefficient (Wildman–Crippen LogP) is 1.67. The Morgan fingerprint density at radius 3 is 2.44 bits per heavy atom. The van der Waals surface area contributed by atoms with Crippen LogP contribution >= 0.6 is 0 Å². The van der Waals surface area contributed by atoms with Gasteiger partial charge in [0.15, 0.2) is 0 Å². The van der Waals surface area contributed by atoms with Gasteiger partial charge in [-0.2, -0.15) is 0 Å². The van der Waals surface area contributed by atoms with Crippen molar-refractivity contribution in [3.63, 3.8) is 0 Å². The first kappa shape index (κ1) is 13.8. The van der Waals surface area contributed by atoms with Crippen LogP contribution in [0.4, 0.5) is 0 Å². The number of nitrogens with zero attached hydrogens (tertiary/aromatic N) is 1. The van der Waals surface area contributed by atoms with Crippen LogP contribution in [0.15, 0.2) is 0 Å². The molecule has 1 saturated carbocycles. The normalized spacial score (nSPS) is 31.1. The highest BCUT2D eigenvalue weighted by Crippen LogP contribution is 2.30. The van der Waals surface area contributed by atoms with E-state index in [1.807, 2.05) is 25.7 Å². The fraction of sp³-hybridized carbons (Fsp3) is 0.929. The Bertz CT molecular complexity index is 322. The topological polar surface area (TPSA) is 55.6 Å². The molecular formula is C14H26N2O2. The number of ether oxygens (including phenoxy) is 1. The second-order valence-corrected chi connectivity index (χ2v) is 6.59. The molecule has 1 atom stereocenters. The molecule has 2 rings (SSSR count). The van der Waals surface area contributed by atoms with E-state index in [0.717, 1.165) is 25.7 Å². The molecule has 4 nitrogen and oxygen atoms in total. The van der Waals surface area contributed by atoms with Crippen molar-refractivity contribution in [1.82, 2.24) is 4.90 Å². The van der Waals surface area contributed by atoms with E-state index in [4.69, 9.17) is 10.5 Å². The van der Waals surface area contributed by atoms with Crippen molar-refractivity contribution in [2.75, 3.05) is 13.1 Å². The summed E-state index contributed by atoms with van der Waals surface area (Å²) in [4.78, 5) is 14.6. The van der Waals surface area contributed by atoms with Crippen LogP contribution in [-0.2, 0) is 9.53 Å². The molecule has 1 unspecified atom stereocenters. The second kappa shape index (κ2) is 4.82. The molecule has 1 aliphatic heterocycles. The number of hydrogen-bond acceptors (Lipinski definition) is 3. The fourth-order valence-electron chi connectivity index (χ4n) is 3.32. The van der Waals surface area contributed by atoms with Crippen LogP contribution in [0.3, 0.4) is 0 Å². The minimum atomic E-state index is -0.620. The molecule has 2 N–H and O–H groups in total. The average molecular weight is 254 g/mol. The van der Waals surface area contributed by atoms with Gasteiger partial charge in [0, 0.05) is 13.1 Å². The molecule has 1 aliphatic carbocycles. The number of rotatable bonds is 1.